The lowest BCUT2D eigenvalue weighted by Gasteiger charge is -2.09. The standard InChI is InChI=1S/C17H18ClN3O6S/c1-27-9-8-20-28(25,26)14-5-2-12(3-6-14)11-19-17(22)15-10-13(21(23)24)4-7-16(15)18/h2-7,10,20H,8-9,11H2,1H3,(H,19,22). The van der Waals surface area contributed by atoms with Crippen LogP contribution in [0.25, 0.3) is 0 Å². The van der Waals surface area contributed by atoms with Crippen molar-refractivity contribution in [1.29, 1.82) is 0 Å². The fraction of sp³-hybridized carbons (Fsp3) is 0.235. The number of nitrogens with one attached hydrogen (secondary N) is 2. The van der Waals surface area contributed by atoms with E-state index in [1.807, 2.05) is 0 Å². The number of methoxy groups -OCH3 is 1. The van der Waals surface area contributed by atoms with Crippen molar-refractivity contribution in [2.24, 2.45) is 0 Å². The van der Waals surface area contributed by atoms with E-state index in [9.17, 15) is 23.3 Å². The first kappa shape index (κ1) is 21.8. The van der Waals surface area contributed by atoms with Crippen LogP contribution in [0.1, 0.15) is 15.9 Å². The molecule has 0 fully saturated rings. The molecule has 28 heavy (non-hydrogen) atoms. The largest absolute Gasteiger partial charge is 0.383 e. The van der Waals surface area contributed by atoms with Gasteiger partial charge < -0.3 is 10.1 Å². The summed E-state index contributed by atoms with van der Waals surface area (Å²) in [5.74, 6) is -0.577. The molecule has 0 aliphatic carbocycles. The number of non-ortho nitro benzene ring substituents is 1. The highest BCUT2D eigenvalue weighted by Crippen LogP contribution is 2.22. The smallest absolute Gasteiger partial charge is 0.270 e. The number of halogens is 1. The highest BCUT2D eigenvalue weighted by Gasteiger charge is 2.16. The second-order valence-electron chi connectivity index (χ2n) is 5.64. The van der Waals surface area contributed by atoms with Gasteiger partial charge in [0.25, 0.3) is 11.6 Å². The second kappa shape index (κ2) is 9.60. The van der Waals surface area contributed by atoms with Crippen molar-refractivity contribution in [3.8, 4) is 0 Å². The van der Waals surface area contributed by atoms with Crippen LogP contribution in [0.5, 0.6) is 0 Å². The number of hydrogen-bond acceptors (Lipinski definition) is 6. The second-order valence-corrected chi connectivity index (χ2v) is 7.81. The third-order valence-electron chi connectivity index (χ3n) is 3.69. The number of carbonyl (C=O) groups excluding carboxylic acids is 1. The molecule has 0 unspecified atom stereocenters. The van der Waals surface area contributed by atoms with Gasteiger partial charge in [0, 0.05) is 32.3 Å². The third kappa shape index (κ3) is 5.73. The van der Waals surface area contributed by atoms with Crippen molar-refractivity contribution in [2.45, 2.75) is 11.4 Å². The number of benzene rings is 2. The van der Waals surface area contributed by atoms with Crippen LogP contribution in [-0.2, 0) is 21.3 Å². The van der Waals surface area contributed by atoms with Crippen LogP contribution in [0.15, 0.2) is 47.4 Å². The number of carbonyl (C=O) groups is 1. The highest BCUT2D eigenvalue weighted by atomic mass is 35.5. The van der Waals surface area contributed by atoms with Gasteiger partial charge in [0.2, 0.25) is 10.0 Å². The molecule has 11 heteroatoms. The maximum atomic E-state index is 12.3. The number of ether oxygens (including phenoxy) is 1. The maximum Gasteiger partial charge on any atom is 0.270 e. The minimum atomic E-state index is -3.64. The first-order valence-corrected chi connectivity index (χ1v) is 9.90. The van der Waals surface area contributed by atoms with Gasteiger partial charge >= 0.3 is 0 Å². The molecule has 2 aromatic carbocycles. The molecule has 0 saturated heterocycles. The van der Waals surface area contributed by atoms with E-state index in [0.717, 1.165) is 6.07 Å². The first-order valence-electron chi connectivity index (χ1n) is 8.04. The van der Waals surface area contributed by atoms with Crippen molar-refractivity contribution >= 4 is 33.2 Å². The Hall–Kier alpha value is -2.53. The lowest BCUT2D eigenvalue weighted by molar-refractivity contribution is -0.384. The molecule has 0 aliphatic rings. The fourth-order valence-corrected chi connectivity index (χ4v) is 3.44. The van der Waals surface area contributed by atoms with Crippen molar-refractivity contribution in [1.82, 2.24) is 10.0 Å². The Balaban J connectivity index is 2.03. The minimum absolute atomic E-state index is 0.0163. The van der Waals surface area contributed by atoms with Crippen LogP contribution in [0.3, 0.4) is 0 Å². The van der Waals surface area contributed by atoms with Crippen molar-refractivity contribution in [2.75, 3.05) is 20.3 Å². The monoisotopic (exact) mass is 427 g/mol. The zero-order valence-electron chi connectivity index (χ0n) is 14.8. The molecule has 0 bridgehead atoms. The Kier molecular flexibility index (Phi) is 7.46. The van der Waals surface area contributed by atoms with E-state index in [2.05, 4.69) is 10.0 Å². The molecule has 9 nitrogen and oxygen atoms in total. The van der Waals surface area contributed by atoms with Crippen LogP contribution >= 0.6 is 11.6 Å². The van der Waals surface area contributed by atoms with E-state index >= 15 is 0 Å². The lowest BCUT2D eigenvalue weighted by Crippen LogP contribution is -2.27. The topological polar surface area (TPSA) is 128 Å². The summed E-state index contributed by atoms with van der Waals surface area (Å²) in [6, 6.07) is 9.52. The molecule has 0 heterocycles. The quantitative estimate of drug-likeness (QED) is 0.358. The summed E-state index contributed by atoms with van der Waals surface area (Å²) in [6.07, 6.45) is 0. The maximum absolute atomic E-state index is 12.3. The summed E-state index contributed by atoms with van der Waals surface area (Å²) in [5, 5.41) is 13.5. The van der Waals surface area contributed by atoms with Gasteiger partial charge in [-0.25, -0.2) is 13.1 Å². The molecule has 2 N–H and O–H groups in total. The predicted molar refractivity (Wildman–Crippen MR) is 103 cm³/mol. The average Bonchev–Trinajstić information content (AvgIpc) is 2.66. The van der Waals surface area contributed by atoms with Crippen LogP contribution in [-0.4, -0.2) is 39.5 Å². The number of nitro groups is 1. The number of amides is 1. The summed E-state index contributed by atoms with van der Waals surface area (Å²) < 4.78 is 31.4. The molecule has 150 valence electrons. The SMILES string of the molecule is COCCNS(=O)(=O)c1ccc(CNC(=O)c2cc([N+](=O)[O-])ccc2Cl)cc1. The molecule has 2 rings (SSSR count). The number of sulfonamides is 1. The van der Waals surface area contributed by atoms with E-state index in [-0.39, 0.29) is 40.9 Å². The van der Waals surface area contributed by atoms with Gasteiger partial charge in [-0.3, -0.25) is 14.9 Å². The molecule has 0 aliphatic heterocycles. The Morgan fingerprint density at radius 1 is 1.21 bits per heavy atom. The number of nitrogens with zero attached hydrogens (tertiary/aromatic N) is 1. The molecule has 0 radical (unpaired) electrons. The van der Waals surface area contributed by atoms with Crippen LogP contribution in [0, 0.1) is 10.1 Å². The normalized spacial score (nSPS) is 11.2. The average molecular weight is 428 g/mol. The third-order valence-corrected chi connectivity index (χ3v) is 5.50. The fourth-order valence-electron chi connectivity index (χ4n) is 2.23. The molecule has 2 aromatic rings. The number of rotatable bonds is 9. The zero-order chi connectivity index (χ0) is 20.7. The Bertz CT molecular complexity index is 963. The van der Waals surface area contributed by atoms with Gasteiger partial charge in [-0.05, 0) is 23.8 Å². The van der Waals surface area contributed by atoms with Crippen molar-refractivity contribution < 1.29 is 22.9 Å². The summed E-state index contributed by atoms with van der Waals surface area (Å²) in [4.78, 5) is 22.5. The summed E-state index contributed by atoms with van der Waals surface area (Å²) in [6.45, 7) is 0.499. The Morgan fingerprint density at radius 3 is 2.50 bits per heavy atom. The molecule has 0 aromatic heterocycles. The van der Waals surface area contributed by atoms with Crippen molar-refractivity contribution in [3.05, 3.63) is 68.7 Å². The highest BCUT2D eigenvalue weighted by molar-refractivity contribution is 7.89. The molecule has 0 atom stereocenters. The molecular weight excluding hydrogens is 410 g/mol. The molecule has 1 amide bonds. The molecule has 0 spiro atoms. The van der Waals surface area contributed by atoms with Crippen LogP contribution < -0.4 is 10.0 Å². The van der Waals surface area contributed by atoms with Gasteiger partial charge in [-0.1, -0.05) is 23.7 Å². The van der Waals surface area contributed by atoms with Gasteiger partial charge in [0.05, 0.1) is 27.0 Å². The van der Waals surface area contributed by atoms with E-state index in [1.54, 1.807) is 12.1 Å². The molecule has 0 saturated carbocycles. The van der Waals surface area contributed by atoms with Gasteiger partial charge in [0.1, 0.15) is 0 Å². The van der Waals surface area contributed by atoms with Gasteiger partial charge in [-0.2, -0.15) is 0 Å². The van der Waals surface area contributed by atoms with E-state index in [1.165, 1.54) is 31.4 Å². The summed E-state index contributed by atoms with van der Waals surface area (Å²) in [7, 11) is -2.17. The Labute approximate surface area is 166 Å². The number of nitro benzene ring substituents is 1. The lowest BCUT2D eigenvalue weighted by atomic mass is 10.1. The van der Waals surface area contributed by atoms with E-state index in [0.29, 0.717) is 5.56 Å². The van der Waals surface area contributed by atoms with Crippen molar-refractivity contribution in [3.63, 3.8) is 0 Å². The summed E-state index contributed by atoms with van der Waals surface area (Å²) >= 11 is 5.93. The predicted octanol–water partition coefficient (Wildman–Crippen LogP) is 2.10. The van der Waals surface area contributed by atoms with E-state index in [4.69, 9.17) is 16.3 Å². The molecular formula is C17H18ClN3O6S. The minimum Gasteiger partial charge on any atom is -0.383 e. The van der Waals surface area contributed by atoms with Gasteiger partial charge in [-0.15, -0.1) is 0 Å². The summed E-state index contributed by atoms with van der Waals surface area (Å²) in [5.41, 5.74) is 0.383. The Morgan fingerprint density at radius 2 is 1.89 bits per heavy atom. The zero-order valence-corrected chi connectivity index (χ0v) is 16.4. The van der Waals surface area contributed by atoms with Gasteiger partial charge in [0.15, 0.2) is 0 Å². The van der Waals surface area contributed by atoms with Crippen LogP contribution in [0.4, 0.5) is 5.69 Å². The van der Waals surface area contributed by atoms with Crippen LogP contribution in [0.2, 0.25) is 5.02 Å². The first-order chi connectivity index (χ1) is 13.2. The van der Waals surface area contributed by atoms with E-state index < -0.39 is 20.9 Å². The number of hydrogen-bond donors (Lipinski definition) is 2.